The van der Waals surface area contributed by atoms with E-state index in [0.29, 0.717) is 4.77 Å². The molecule has 0 saturated carbocycles. The molecule has 1 aromatic carbocycles. The van der Waals surface area contributed by atoms with Crippen LogP contribution in [0.2, 0.25) is 0 Å². The highest BCUT2D eigenvalue weighted by atomic mass is 32.1. The predicted molar refractivity (Wildman–Crippen MR) is 92.9 cm³/mol. The molecule has 0 unspecified atom stereocenters. The van der Waals surface area contributed by atoms with Crippen molar-refractivity contribution in [2.24, 2.45) is 0 Å². The Bertz CT molecular complexity index is 702. The summed E-state index contributed by atoms with van der Waals surface area (Å²) in [6, 6.07) is 7.88. The minimum absolute atomic E-state index is 0.600. The van der Waals surface area contributed by atoms with Crippen LogP contribution in [0.25, 0.3) is 5.69 Å². The summed E-state index contributed by atoms with van der Waals surface area (Å²) in [5, 5.41) is 7.34. The minimum atomic E-state index is 0.600. The molecule has 124 valence electrons. The van der Waals surface area contributed by atoms with E-state index in [2.05, 4.69) is 27.0 Å². The van der Waals surface area contributed by atoms with E-state index in [1.54, 1.807) is 7.11 Å². The van der Waals surface area contributed by atoms with Crippen molar-refractivity contribution in [3.8, 4) is 11.4 Å². The molecular weight excluding hydrogens is 310 g/mol. The third-order valence-corrected chi connectivity index (χ3v) is 4.59. The van der Waals surface area contributed by atoms with Crippen molar-refractivity contribution in [2.45, 2.75) is 6.42 Å². The molecule has 2 aromatic rings. The number of aromatic amines is 1. The normalized spacial score (nSPS) is 16.6. The number of rotatable bonds is 5. The van der Waals surface area contributed by atoms with Crippen molar-refractivity contribution >= 4 is 12.2 Å². The lowest BCUT2D eigenvalue weighted by Gasteiger charge is -2.32. The highest BCUT2D eigenvalue weighted by Gasteiger charge is 2.16. The van der Waals surface area contributed by atoms with Crippen molar-refractivity contribution in [3.63, 3.8) is 0 Å². The lowest BCUT2D eigenvalue weighted by Crippen LogP contribution is -2.45. The van der Waals surface area contributed by atoms with E-state index in [1.165, 1.54) is 0 Å². The molecule has 0 spiro atoms. The predicted octanol–water partition coefficient (Wildman–Crippen LogP) is 1.73. The van der Waals surface area contributed by atoms with E-state index in [4.69, 9.17) is 17.0 Å². The van der Waals surface area contributed by atoms with Gasteiger partial charge >= 0.3 is 0 Å². The van der Waals surface area contributed by atoms with Crippen molar-refractivity contribution < 1.29 is 4.74 Å². The number of nitrogens with one attached hydrogen (secondary N) is 1. The molecule has 6 nitrogen and oxygen atoms in total. The van der Waals surface area contributed by atoms with Gasteiger partial charge in [0.1, 0.15) is 11.6 Å². The van der Waals surface area contributed by atoms with Crippen LogP contribution in [-0.4, -0.2) is 71.4 Å². The van der Waals surface area contributed by atoms with Gasteiger partial charge in [0.2, 0.25) is 0 Å². The summed E-state index contributed by atoms with van der Waals surface area (Å²) in [5.41, 5.74) is 0.933. The molecule has 1 aliphatic heterocycles. The Hall–Kier alpha value is -1.70. The van der Waals surface area contributed by atoms with Crippen LogP contribution in [0, 0.1) is 4.77 Å². The molecule has 0 amide bonds. The molecule has 2 heterocycles. The van der Waals surface area contributed by atoms with Crippen LogP contribution in [0.5, 0.6) is 5.75 Å². The number of hydrogen-bond acceptors (Lipinski definition) is 5. The summed E-state index contributed by atoms with van der Waals surface area (Å²) in [6.07, 6.45) is 0.856. The molecule has 3 rings (SSSR count). The fourth-order valence-corrected chi connectivity index (χ4v) is 3.14. The number of aromatic nitrogens is 3. The minimum Gasteiger partial charge on any atom is -0.495 e. The van der Waals surface area contributed by atoms with Gasteiger partial charge < -0.3 is 14.5 Å². The van der Waals surface area contributed by atoms with Gasteiger partial charge in [-0.2, -0.15) is 5.10 Å². The van der Waals surface area contributed by atoms with Crippen molar-refractivity contribution in [1.82, 2.24) is 24.6 Å². The molecule has 1 fully saturated rings. The smallest absolute Gasteiger partial charge is 0.199 e. The van der Waals surface area contributed by atoms with Crippen LogP contribution in [0.3, 0.4) is 0 Å². The van der Waals surface area contributed by atoms with Crippen LogP contribution in [-0.2, 0) is 6.42 Å². The maximum Gasteiger partial charge on any atom is 0.199 e. The van der Waals surface area contributed by atoms with Gasteiger partial charge in [-0.05, 0) is 31.4 Å². The van der Waals surface area contributed by atoms with E-state index in [9.17, 15) is 0 Å². The zero-order chi connectivity index (χ0) is 16.2. The second kappa shape index (κ2) is 7.25. The number of ether oxygens (including phenoxy) is 1. The Morgan fingerprint density at radius 1 is 1.22 bits per heavy atom. The first kappa shape index (κ1) is 16.2. The van der Waals surface area contributed by atoms with Crippen LogP contribution in [0.4, 0.5) is 0 Å². The van der Waals surface area contributed by atoms with Gasteiger partial charge in [-0.1, -0.05) is 12.1 Å². The fraction of sp³-hybridized carbons (Fsp3) is 0.500. The molecule has 0 radical (unpaired) electrons. The lowest BCUT2D eigenvalue weighted by atomic mass is 10.2. The SMILES string of the molecule is COc1ccccc1-n1c(CCN2CCN(C)CC2)n[nH]c1=S. The third-order valence-electron chi connectivity index (χ3n) is 4.32. The summed E-state index contributed by atoms with van der Waals surface area (Å²) >= 11 is 5.42. The molecule has 1 aromatic heterocycles. The average molecular weight is 333 g/mol. The van der Waals surface area contributed by atoms with Crippen molar-refractivity contribution in [1.29, 1.82) is 0 Å². The number of hydrogen-bond donors (Lipinski definition) is 1. The van der Waals surface area contributed by atoms with Crippen LogP contribution < -0.4 is 4.74 Å². The molecule has 1 saturated heterocycles. The standard InChI is InChI=1S/C16H23N5OS/c1-19-9-11-20(12-10-19)8-7-15-17-18-16(23)21(15)13-5-3-4-6-14(13)22-2/h3-6H,7-12H2,1-2H3,(H,18,23). The number of piperazine rings is 1. The number of likely N-dealkylation sites (N-methyl/N-ethyl adjacent to an activating group) is 1. The Morgan fingerprint density at radius 2 is 1.96 bits per heavy atom. The Balaban J connectivity index is 1.78. The molecule has 0 atom stereocenters. The highest BCUT2D eigenvalue weighted by Crippen LogP contribution is 2.23. The van der Waals surface area contributed by atoms with E-state index in [1.807, 2.05) is 28.8 Å². The second-order valence-corrected chi connectivity index (χ2v) is 6.23. The van der Waals surface area contributed by atoms with Gasteiger partial charge in [-0.15, -0.1) is 0 Å². The Labute approximate surface area is 141 Å². The Kier molecular flexibility index (Phi) is 5.09. The Morgan fingerprint density at radius 3 is 2.70 bits per heavy atom. The number of methoxy groups -OCH3 is 1. The van der Waals surface area contributed by atoms with Crippen LogP contribution in [0.15, 0.2) is 24.3 Å². The highest BCUT2D eigenvalue weighted by molar-refractivity contribution is 7.71. The van der Waals surface area contributed by atoms with Crippen molar-refractivity contribution in [2.75, 3.05) is 46.9 Å². The summed E-state index contributed by atoms with van der Waals surface area (Å²) in [4.78, 5) is 4.84. The number of H-pyrrole nitrogens is 1. The fourth-order valence-electron chi connectivity index (χ4n) is 2.89. The molecule has 1 aliphatic rings. The maximum atomic E-state index is 5.46. The van der Waals surface area contributed by atoms with E-state index >= 15 is 0 Å². The average Bonchev–Trinajstić information content (AvgIpc) is 2.95. The molecule has 23 heavy (non-hydrogen) atoms. The van der Waals surface area contributed by atoms with Crippen molar-refractivity contribution in [3.05, 3.63) is 34.9 Å². The molecule has 0 aliphatic carbocycles. The van der Waals surface area contributed by atoms with Gasteiger partial charge in [0, 0.05) is 39.1 Å². The molecule has 0 bridgehead atoms. The summed E-state index contributed by atoms with van der Waals surface area (Å²) < 4.78 is 8.04. The van der Waals surface area contributed by atoms with Crippen LogP contribution in [0.1, 0.15) is 5.82 Å². The summed E-state index contributed by atoms with van der Waals surface area (Å²) in [5.74, 6) is 1.74. The molecule has 1 N–H and O–H groups in total. The number of para-hydroxylation sites is 2. The summed E-state index contributed by atoms with van der Waals surface area (Å²) in [6.45, 7) is 5.45. The molecule has 7 heteroatoms. The zero-order valence-electron chi connectivity index (χ0n) is 13.7. The first-order valence-corrected chi connectivity index (χ1v) is 8.30. The van der Waals surface area contributed by atoms with E-state index < -0.39 is 0 Å². The van der Waals surface area contributed by atoms with Gasteiger partial charge in [-0.3, -0.25) is 9.67 Å². The monoisotopic (exact) mass is 333 g/mol. The van der Waals surface area contributed by atoms with E-state index in [-0.39, 0.29) is 0 Å². The third kappa shape index (κ3) is 3.63. The zero-order valence-corrected chi connectivity index (χ0v) is 14.5. The van der Waals surface area contributed by atoms with Gasteiger partial charge in [0.25, 0.3) is 0 Å². The number of benzene rings is 1. The van der Waals surface area contributed by atoms with Gasteiger partial charge in [-0.25, -0.2) is 0 Å². The number of nitrogens with zero attached hydrogens (tertiary/aromatic N) is 4. The second-order valence-electron chi connectivity index (χ2n) is 5.85. The quantitative estimate of drug-likeness (QED) is 0.845. The van der Waals surface area contributed by atoms with Gasteiger partial charge in [0.15, 0.2) is 4.77 Å². The summed E-state index contributed by atoms with van der Waals surface area (Å²) in [7, 11) is 3.84. The first-order chi connectivity index (χ1) is 11.2. The van der Waals surface area contributed by atoms with Gasteiger partial charge in [0.05, 0.1) is 12.8 Å². The van der Waals surface area contributed by atoms with Crippen LogP contribution >= 0.6 is 12.2 Å². The lowest BCUT2D eigenvalue weighted by molar-refractivity contribution is 0.155. The van der Waals surface area contributed by atoms with E-state index in [0.717, 1.165) is 56.4 Å². The topological polar surface area (TPSA) is 49.3 Å². The molecular formula is C16H23N5OS. The first-order valence-electron chi connectivity index (χ1n) is 7.89. The maximum absolute atomic E-state index is 5.46. The largest absolute Gasteiger partial charge is 0.495 e.